The highest BCUT2D eigenvalue weighted by atomic mass is 16.6. The average Bonchev–Trinajstić information content (AvgIpc) is 3.12. The topological polar surface area (TPSA) is 78.9 Å². The van der Waals surface area contributed by atoms with Gasteiger partial charge in [0.2, 0.25) is 0 Å². The summed E-state index contributed by atoms with van der Waals surface area (Å²) in [6.07, 6.45) is 41.9. The maximum Gasteiger partial charge on any atom is 0.306 e. The molecule has 0 aliphatic carbocycles. The van der Waals surface area contributed by atoms with Gasteiger partial charge in [0, 0.05) is 19.3 Å². The van der Waals surface area contributed by atoms with E-state index in [1.165, 1.54) is 128 Å². The number of hydrogen-bond donors (Lipinski definition) is 0. The van der Waals surface area contributed by atoms with Crippen molar-refractivity contribution < 1.29 is 28.6 Å². The highest BCUT2D eigenvalue weighted by Crippen LogP contribution is 2.15. The molecule has 0 N–H and O–H groups in total. The number of ether oxygens (including phenoxy) is 3. The Labute approximate surface area is 316 Å². The van der Waals surface area contributed by atoms with Crippen molar-refractivity contribution in [1.82, 2.24) is 0 Å². The molecule has 6 nitrogen and oxygen atoms in total. The van der Waals surface area contributed by atoms with Crippen LogP contribution in [0.2, 0.25) is 0 Å². The molecule has 51 heavy (non-hydrogen) atoms. The maximum absolute atomic E-state index is 12.6. The molecule has 6 heteroatoms. The summed E-state index contributed by atoms with van der Waals surface area (Å²) < 4.78 is 16.7. The van der Waals surface area contributed by atoms with Crippen molar-refractivity contribution in [3.05, 3.63) is 12.2 Å². The molecule has 0 fully saturated rings. The molecule has 1 atom stereocenters. The van der Waals surface area contributed by atoms with Gasteiger partial charge in [-0.2, -0.15) is 0 Å². The van der Waals surface area contributed by atoms with Gasteiger partial charge in [-0.05, 0) is 38.5 Å². The van der Waals surface area contributed by atoms with Crippen molar-refractivity contribution in [1.29, 1.82) is 0 Å². The van der Waals surface area contributed by atoms with Gasteiger partial charge in [0.05, 0.1) is 0 Å². The first-order valence-corrected chi connectivity index (χ1v) is 22.2. The van der Waals surface area contributed by atoms with Gasteiger partial charge in [0.15, 0.2) is 6.10 Å². The third-order valence-corrected chi connectivity index (χ3v) is 9.75. The maximum atomic E-state index is 12.6. The first-order valence-electron chi connectivity index (χ1n) is 22.2. The number of hydrogen-bond acceptors (Lipinski definition) is 6. The van der Waals surface area contributed by atoms with E-state index in [9.17, 15) is 14.4 Å². The minimum Gasteiger partial charge on any atom is -0.462 e. The van der Waals surface area contributed by atoms with E-state index in [0.29, 0.717) is 19.3 Å². The van der Waals surface area contributed by atoms with Crippen LogP contribution in [0, 0.1) is 0 Å². The van der Waals surface area contributed by atoms with Crippen LogP contribution in [-0.4, -0.2) is 37.2 Å². The second-order valence-corrected chi connectivity index (χ2v) is 15.0. The van der Waals surface area contributed by atoms with E-state index < -0.39 is 6.10 Å². The number of carbonyl (C=O) groups is 3. The van der Waals surface area contributed by atoms with Crippen molar-refractivity contribution >= 4 is 17.9 Å². The summed E-state index contributed by atoms with van der Waals surface area (Å²) in [5.41, 5.74) is 0. The molecule has 0 aliphatic rings. The van der Waals surface area contributed by atoms with Crippen LogP contribution < -0.4 is 0 Å². The molecule has 0 amide bonds. The van der Waals surface area contributed by atoms with Crippen LogP contribution in [0.5, 0.6) is 0 Å². The number of carbonyl (C=O) groups excluding carboxylic acids is 3. The number of esters is 3. The number of allylic oxidation sites excluding steroid dienone is 2. The first-order chi connectivity index (χ1) is 25.0. The molecule has 0 aromatic carbocycles. The lowest BCUT2D eigenvalue weighted by molar-refractivity contribution is -0.167. The monoisotopic (exact) mass is 721 g/mol. The summed E-state index contributed by atoms with van der Waals surface area (Å²) in [5, 5.41) is 0. The predicted molar refractivity (Wildman–Crippen MR) is 215 cm³/mol. The smallest absolute Gasteiger partial charge is 0.306 e. The zero-order valence-corrected chi connectivity index (χ0v) is 34.1. The Kier molecular flexibility index (Phi) is 39.4. The van der Waals surface area contributed by atoms with Crippen LogP contribution in [0.15, 0.2) is 12.2 Å². The molecule has 0 bridgehead atoms. The predicted octanol–water partition coefficient (Wildman–Crippen LogP) is 13.9. The van der Waals surface area contributed by atoms with Crippen LogP contribution in [0.4, 0.5) is 0 Å². The van der Waals surface area contributed by atoms with Crippen molar-refractivity contribution in [2.24, 2.45) is 0 Å². The van der Waals surface area contributed by atoms with Crippen LogP contribution >= 0.6 is 0 Å². The van der Waals surface area contributed by atoms with Gasteiger partial charge in [-0.25, -0.2) is 0 Å². The summed E-state index contributed by atoms with van der Waals surface area (Å²) in [7, 11) is 0. The van der Waals surface area contributed by atoms with Gasteiger partial charge in [-0.3, -0.25) is 14.4 Å². The van der Waals surface area contributed by atoms with E-state index >= 15 is 0 Å². The van der Waals surface area contributed by atoms with E-state index in [1.54, 1.807) is 0 Å². The summed E-state index contributed by atoms with van der Waals surface area (Å²) in [6.45, 7) is 6.56. The van der Waals surface area contributed by atoms with E-state index in [4.69, 9.17) is 14.2 Å². The Morgan fingerprint density at radius 3 is 1.06 bits per heavy atom. The molecule has 0 radical (unpaired) electrons. The highest BCUT2D eigenvalue weighted by Gasteiger charge is 2.19. The zero-order valence-electron chi connectivity index (χ0n) is 34.1. The lowest BCUT2D eigenvalue weighted by Crippen LogP contribution is -2.30. The third-order valence-electron chi connectivity index (χ3n) is 9.75. The average molecular weight is 721 g/mol. The summed E-state index contributed by atoms with van der Waals surface area (Å²) in [5.74, 6) is -0.875. The second-order valence-electron chi connectivity index (χ2n) is 15.0. The van der Waals surface area contributed by atoms with Crippen molar-refractivity contribution in [3.8, 4) is 0 Å². The molecule has 300 valence electrons. The molecule has 1 unspecified atom stereocenters. The van der Waals surface area contributed by atoms with Gasteiger partial charge >= 0.3 is 17.9 Å². The second kappa shape index (κ2) is 40.9. The lowest BCUT2D eigenvalue weighted by atomic mass is 10.0. The van der Waals surface area contributed by atoms with Crippen LogP contribution in [0.1, 0.15) is 239 Å². The van der Waals surface area contributed by atoms with Crippen molar-refractivity contribution in [2.75, 3.05) is 13.2 Å². The first kappa shape index (κ1) is 49.1. The molecule has 0 saturated carbocycles. The van der Waals surface area contributed by atoms with Crippen LogP contribution in [0.25, 0.3) is 0 Å². The molecule has 0 saturated heterocycles. The van der Waals surface area contributed by atoms with Gasteiger partial charge in [-0.15, -0.1) is 0 Å². The summed E-state index contributed by atoms with van der Waals surface area (Å²) in [6, 6.07) is 0. The molecule has 0 rings (SSSR count). The highest BCUT2D eigenvalue weighted by molar-refractivity contribution is 5.71. The van der Waals surface area contributed by atoms with Crippen molar-refractivity contribution in [3.63, 3.8) is 0 Å². The molecule has 0 aromatic heterocycles. The minimum absolute atomic E-state index is 0.0693. The Balaban J connectivity index is 4.33. The molecular formula is C45H84O6. The third kappa shape index (κ3) is 39.2. The summed E-state index contributed by atoms with van der Waals surface area (Å²) >= 11 is 0. The SMILES string of the molecule is CCC/C=C\CCCCCCCC(=O)OC(COC(=O)CCCCCCCCCCCC)COC(=O)CCCCCCCCCCCCCCC. The Bertz CT molecular complexity index is 794. The Hall–Kier alpha value is -1.85. The fourth-order valence-corrected chi connectivity index (χ4v) is 6.39. The summed E-state index contributed by atoms with van der Waals surface area (Å²) in [4.78, 5) is 37.6. The molecule has 0 spiro atoms. The minimum atomic E-state index is -0.764. The van der Waals surface area contributed by atoms with Gasteiger partial charge in [-0.1, -0.05) is 193 Å². The van der Waals surface area contributed by atoms with Gasteiger partial charge in [0.25, 0.3) is 0 Å². The van der Waals surface area contributed by atoms with Crippen molar-refractivity contribution in [2.45, 2.75) is 245 Å². The Morgan fingerprint density at radius 1 is 0.373 bits per heavy atom. The van der Waals surface area contributed by atoms with Gasteiger partial charge in [0.1, 0.15) is 13.2 Å². The van der Waals surface area contributed by atoms with E-state index in [2.05, 4.69) is 32.9 Å². The molecular weight excluding hydrogens is 636 g/mol. The standard InChI is InChI=1S/C45H84O6/c1-4-7-10-13-16-19-22-23-24-27-29-32-35-38-44(47)50-41-42(51-45(48)39-36-33-30-26-21-18-15-12-9-6-3)40-49-43(46)37-34-31-28-25-20-17-14-11-8-5-2/h12,15,42H,4-11,13-14,16-41H2,1-3H3/b15-12-. The molecule has 0 aromatic rings. The zero-order chi connectivity index (χ0) is 37.3. The normalized spacial score (nSPS) is 12.0. The Morgan fingerprint density at radius 2 is 0.686 bits per heavy atom. The quantitative estimate of drug-likeness (QED) is 0.0271. The molecule has 0 aliphatic heterocycles. The number of unbranched alkanes of at least 4 members (excludes halogenated alkanes) is 27. The van der Waals surface area contributed by atoms with E-state index in [1.807, 2.05) is 0 Å². The van der Waals surface area contributed by atoms with Crippen LogP contribution in [0.3, 0.4) is 0 Å². The van der Waals surface area contributed by atoms with Gasteiger partial charge < -0.3 is 14.2 Å². The number of rotatable bonds is 40. The van der Waals surface area contributed by atoms with Crippen LogP contribution in [-0.2, 0) is 28.6 Å². The van der Waals surface area contributed by atoms with E-state index in [-0.39, 0.29) is 31.1 Å². The fraction of sp³-hybridized carbons (Fsp3) is 0.889. The fourth-order valence-electron chi connectivity index (χ4n) is 6.39. The molecule has 0 heterocycles. The lowest BCUT2D eigenvalue weighted by Gasteiger charge is -2.18. The van der Waals surface area contributed by atoms with E-state index in [0.717, 1.165) is 70.6 Å². The largest absolute Gasteiger partial charge is 0.462 e.